The molecule has 1 N–H and O–H groups in total. The summed E-state index contributed by atoms with van der Waals surface area (Å²) in [5, 5.41) is 15.1. The van der Waals surface area contributed by atoms with Crippen LogP contribution in [-0.2, 0) is 18.4 Å². The molecule has 1 amide bonds. The lowest BCUT2D eigenvalue weighted by atomic mass is 10.00. The molecule has 1 fully saturated rings. The molecule has 2 aromatic heterocycles. The van der Waals surface area contributed by atoms with E-state index in [1.54, 1.807) is 11.6 Å². The summed E-state index contributed by atoms with van der Waals surface area (Å²) in [6.45, 7) is 4.11. The fourth-order valence-electron chi connectivity index (χ4n) is 4.73. The van der Waals surface area contributed by atoms with Crippen LogP contribution in [0.3, 0.4) is 0 Å². The number of amides is 1. The number of benzene rings is 2. The van der Waals surface area contributed by atoms with Gasteiger partial charge >= 0.3 is 0 Å². The predicted molar refractivity (Wildman–Crippen MR) is 133 cm³/mol. The van der Waals surface area contributed by atoms with Gasteiger partial charge in [-0.25, -0.2) is 19.0 Å². The van der Waals surface area contributed by atoms with Gasteiger partial charge in [0.15, 0.2) is 5.82 Å². The maximum absolute atomic E-state index is 14.4. The normalized spacial score (nSPS) is 16.7. The smallest absolute Gasteiger partial charge is 0.251 e. The molecule has 0 spiro atoms. The van der Waals surface area contributed by atoms with Gasteiger partial charge in [-0.1, -0.05) is 23.7 Å². The molecule has 2 aromatic carbocycles. The third-order valence-corrected chi connectivity index (χ3v) is 6.92. The number of carbonyl (C=O) groups excluding carboxylic acids is 1. The van der Waals surface area contributed by atoms with Crippen molar-refractivity contribution in [1.29, 1.82) is 0 Å². The van der Waals surface area contributed by atoms with Gasteiger partial charge in [0.1, 0.15) is 36.1 Å². The Balaban J connectivity index is 1.52. The summed E-state index contributed by atoms with van der Waals surface area (Å²) < 4.78 is 22.3. The van der Waals surface area contributed by atoms with Crippen LogP contribution in [0.1, 0.15) is 36.2 Å². The number of hydrogen-bond donors (Lipinski definition) is 1. The summed E-state index contributed by atoms with van der Waals surface area (Å²) in [4.78, 5) is 23.0. The second kappa shape index (κ2) is 9.48. The van der Waals surface area contributed by atoms with E-state index in [1.165, 1.54) is 23.4 Å². The predicted octanol–water partition coefficient (Wildman–Crippen LogP) is 4.36. The molecule has 4 aromatic rings. The maximum Gasteiger partial charge on any atom is 0.251 e. The van der Waals surface area contributed by atoms with E-state index in [0.717, 1.165) is 16.6 Å². The summed E-state index contributed by atoms with van der Waals surface area (Å²) in [6.07, 6.45) is 0.803. The molecule has 1 saturated heterocycles. The number of pyridine rings is 1. The number of nitrogens with zero attached hydrogens (tertiary/aromatic N) is 5. The van der Waals surface area contributed by atoms with Crippen LogP contribution in [0.25, 0.3) is 22.3 Å². The Morgan fingerprint density at radius 3 is 2.81 bits per heavy atom. The summed E-state index contributed by atoms with van der Waals surface area (Å²) in [6, 6.07) is 9.69. The lowest BCUT2D eigenvalue weighted by Gasteiger charge is -2.27. The van der Waals surface area contributed by atoms with Gasteiger partial charge < -0.3 is 14.7 Å². The van der Waals surface area contributed by atoms with Crippen molar-refractivity contribution in [3.05, 3.63) is 70.4 Å². The molecular formula is C26H25ClFN5O3. The molecule has 0 aliphatic carbocycles. The summed E-state index contributed by atoms with van der Waals surface area (Å²) in [7, 11) is 1.83. The van der Waals surface area contributed by atoms with Gasteiger partial charge in [0, 0.05) is 35.8 Å². The first-order valence-electron chi connectivity index (χ1n) is 11.6. The van der Waals surface area contributed by atoms with Crippen molar-refractivity contribution in [3.8, 4) is 17.1 Å². The number of aromatic nitrogens is 4. The van der Waals surface area contributed by atoms with Crippen LogP contribution in [0.2, 0.25) is 5.02 Å². The molecule has 3 heterocycles. The molecule has 8 nitrogen and oxygen atoms in total. The van der Waals surface area contributed by atoms with Crippen LogP contribution in [0, 0.1) is 12.7 Å². The van der Waals surface area contributed by atoms with Crippen LogP contribution < -0.4 is 4.74 Å². The number of aliphatic hydroxyl groups is 1. The topological polar surface area (TPSA) is 93.4 Å². The third-order valence-electron chi connectivity index (χ3n) is 6.58. The minimum absolute atomic E-state index is 0.0391. The maximum atomic E-state index is 14.4. The SMILES string of the molecule is Cc1cc(-c2ncnn2C)c2cccc(OCc3c(Cl)cc(F)cc3[C@H](C)N3CC[C@H](O)C3=O)c2n1. The molecule has 5 rings (SSSR count). The Bertz CT molecular complexity index is 1470. The number of aryl methyl sites for hydroxylation is 2. The summed E-state index contributed by atoms with van der Waals surface area (Å²) in [5.74, 6) is 0.359. The Labute approximate surface area is 212 Å². The van der Waals surface area contributed by atoms with Crippen molar-refractivity contribution in [2.75, 3.05) is 6.54 Å². The van der Waals surface area contributed by atoms with E-state index in [4.69, 9.17) is 21.3 Å². The van der Waals surface area contributed by atoms with Crippen LogP contribution >= 0.6 is 11.6 Å². The number of aliphatic hydroxyl groups excluding tert-OH is 1. The first-order valence-corrected chi connectivity index (χ1v) is 12.0. The van der Waals surface area contributed by atoms with Crippen LogP contribution in [0.5, 0.6) is 5.75 Å². The van der Waals surface area contributed by atoms with Gasteiger partial charge in [0.05, 0.1) is 11.1 Å². The summed E-state index contributed by atoms with van der Waals surface area (Å²) >= 11 is 6.46. The molecular weight excluding hydrogens is 485 g/mol. The highest BCUT2D eigenvalue weighted by molar-refractivity contribution is 6.31. The highest BCUT2D eigenvalue weighted by Crippen LogP contribution is 2.35. The molecule has 0 unspecified atom stereocenters. The number of hydrogen-bond acceptors (Lipinski definition) is 6. The second-order valence-electron chi connectivity index (χ2n) is 8.93. The van der Waals surface area contributed by atoms with Crippen molar-refractivity contribution < 1.29 is 19.0 Å². The molecule has 0 bridgehead atoms. The van der Waals surface area contributed by atoms with E-state index in [0.29, 0.717) is 41.2 Å². The molecule has 0 saturated carbocycles. The lowest BCUT2D eigenvalue weighted by Crippen LogP contribution is -2.32. The number of ether oxygens (including phenoxy) is 1. The average molecular weight is 510 g/mol. The number of rotatable bonds is 6. The Hall–Kier alpha value is -3.56. The van der Waals surface area contributed by atoms with E-state index in [1.807, 2.05) is 38.2 Å². The molecule has 10 heteroatoms. The van der Waals surface area contributed by atoms with Crippen molar-refractivity contribution >= 4 is 28.4 Å². The number of likely N-dealkylation sites (tertiary alicyclic amines) is 1. The van der Waals surface area contributed by atoms with E-state index in [-0.39, 0.29) is 17.5 Å². The molecule has 186 valence electrons. The monoisotopic (exact) mass is 509 g/mol. The minimum atomic E-state index is -1.04. The lowest BCUT2D eigenvalue weighted by molar-refractivity contribution is -0.136. The van der Waals surface area contributed by atoms with Gasteiger partial charge in [-0.2, -0.15) is 5.10 Å². The van der Waals surface area contributed by atoms with E-state index >= 15 is 0 Å². The second-order valence-corrected chi connectivity index (χ2v) is 9.33. The molecule has 1 aliphatic heterocycles. The highest BCUT2D eigenvalue weighted by atomic mass is 35.5. The van der Waals surface area contributed by atoms with Gasteiger partial charge in [0.25, 0.3) is 5.91 Å². The van der Waals surface area contributed by atoms with E-state index < -0.39 is 18.0 Å². The average Bonchev–Trinajstić information content (AvgIpc) is 3.42. The Morgan fingerprint density at radius 2 is 2.11 bits per heavy atom. The third kappa shape index (κ3) is 4.29. The van der Waals surface area contributed by atoms with Crippen molar-refractivity contribution in [1.82, 2.24) is 24.6 Å². The molecule has 0 radical (unpaired) electrons. The highest BCUT2D eigenvalue weighted by Gasteiger charge is 2.34. The van der Waals surface area contributed by atoms with Crippen LogP contribution in [0.15, 0.2) is 42.7 Å². The van der Waals surface area contributed by atoms with Crippen molar-refractivity contribution in [3.63, 3.8) is 0 Å². The van der Waals surface area contributed by atoms with E-state index in [9.17, 15) is 14.3 Å². The molecule has 36 heavy (non-hydrogen) atoms. The van der Waals surface area contributed by atoms with Gasteiger partial charge in [0.2, 0.25) is 0 Å². The number of carbonyl (C=O) groups is 1. The standard InChI is InChI=1S/C26H25ClFN5O3/c1-14-9-19(25-29-13-30-32(25)3)17-5-4-6-23(24(17)31-14)36-12-20-18(10-16(28)11-21(20)27)15(2)33-8-7-22(34)26(33)35/h4-6,9-11,13,15,22,34H,7-8,12H2,1-3H3/t15-,22-/m0/s1. The minimum Gasteiger partial charge on any atom is -0.487 e. The quantitative estimate of drug-likeness (QED) is 0.415. The molecule has 1 aliphatic rings. The first-order chi connectivity index (χ1) is 17.2. The number of halogens is 2. The van der Waals surface area contributed by atoms with Crippen molar-refractivity contribution in [2.24, 2.45) is 7.05 Å². The zero-order valence-corrected chi connectivity index (χ0v) is 20.8. The van der Waals surface area contributed by atoms with Gasteiger partial charge in [-0.3, -0.25) is 4.79 Å². The first kappa shape index (κ1) is 24.1. The molecule has 2 atom stereocenters. The van der Waals surface area contributed by atoms with E-state index in [2.05, 4.69) is 10.1 Å². The number of fused-ring (bicyclic) bond motifs is 1. The largest absolute Gasteiger partial charge is 0.487 e. The zero-order chi connectivity index (χ0) is 25.6. The number of para-hydroxylation sites is 1. The summed E-state index contributed by atoms with van der Waals surface area (Å²) in [5.41, 5.74) is 3.42. The fraction of sp³-hybridized carbons (Fsp3) is 0.308. The van der Waals surface area contributed by atoms with Crippen LogP contribution in [-0.4, -0.2) is 48.3 Å². The van der Waals surface area contributed by atoms with Gasteiger partial charge in [-0.15, -0.1) is 0 Å². The fourth-order valence-corrected chi connectivity index (χ4v) is 5.00. The van der Waals surface area contributed by atoms with Crippen LogP contribution in [0.4, 0.5) is 4.39 Å². The van der Waals surface area contributed by atoms with Gasteiger partial charge in [-0.05, 0) is 50.1 Å². The Kier molecular flexibility index (Phi) is 6.36. The zero-order valence-electron chi connectivity index (χ0n) is 20.1. The van der Waals surface area contributed by atoms with Crippen molar-refractivity contribution in [2.45, 2.75) is 39.0 Å². The Morgan fingerprint density at radius 1 is 1.31 bits per heavy atom.